The SMILES string of the molecule is CCCCCCCCCCCCCCCC/C(C(=O)OC)=C(/O)C(=O)OCC. The van der Waals surface area contributed by atoms with E-state index in [1.54, 1.807) is 6.92 Å². The Hall–Kier alpha value is -1.52. The number of carbonyl (C=O) groups is 2. The van der Waals surface area contributed by atoms with Crippen LogP contribution in [0, 0.1) is 0 Å². The quantitative estimate of drug-likeness (QED) is 0.125. The van der Waals surface area contributed by atoms with Crippen molar-refractivity contribution >= 4 is 11.9 Å². The highest BCUT2D eigenvalue weighted by molar-refractivity contribution is 5.98. The standard InChI is InChI=1S/C23H42O5/c1-4-6-7-8-9-10-11-12-13-14-15-16-17-18-19-20(22(25)27-3)21(24)23(26)28-5-2/h24H,4-19H2,1-3H3/b21-20-. The van der Waals surface area contributed by atoms with E-state index < -0.39 is 17.7 Å². The van der Waals surface area contributed by atoms with Crippen LogP contribution in [-0.2, 0) is 19.1 Å². The molecule has 0 radical (unpaired) electrons. The van der Waals surface area contributed by atoms with E-state index in [-0.39, 0.29) is 12.2 Å². The average molecular weight is 399 g/mol. The van der Waals surface area contributed by atoms with Gasteiger partial charge in [0.05, 0.1) is 19.3 Å². The Morgan fingerprint density at radius 2 is 1.11 bits per heavy atom. The zero-order chi connectivity index (χ0) is 21.0. The van der Waals surface area contributed by atoms with Crippen LogP contribution in [-0.4, -0.2) is 30.8 Å². The predicted octanol–water partition coefficient (Wildman–Crippen LogP) is 6.41. The van der Waals surface area contributed by atoms with E-state index in [2.05, 4.69) is 11.7 Å². The number of aliphatic hydroxyl groups excluding tert-OH is 1. The Bertz CT molecular complexity index is 442. The fourth-order valence-corrected chi connectivity index (χ4v) is 3.26. The molecule has 5 nitrogen and oxygen atoms in total. The molecule has 0 bridgehead atoms. The minimum atomic E-state index is -0.867. The third-order valence-corrected chi connectivity index (χ3v) is 4.97. The Balaban J connectivity index is 3.80. The Kier molecular flexibility index (Phi) is 17.8. The first-order valence-corrected chi connectivity index (χ1v) is 11.3. The van der Waals surface area contributed by atoms with Crippen molar-refractivity contribution in [2.75, 3.05) is 13.7 Å². The molecule has 0 rings (SSSR count). The molecule has 0 saturated carbocycles. The minimum absolute atomic E-state index is 0.0138. The number of methoxy groups -OCH3 is 1. The molecule has 0 aromatic heterocycles. The van der Waals surface area contributed by atoms with Crippen molar-refractivity contribution in [1.82, 2.24) is 0 Å². The first-order chi connectivity index (χ1) is 13.6. The summed E-state index contributed by atoms with van der Waals surface area (Å²) in [4.78, 5) is 23.4. The number of unbranched alkanes of at least 4 members (excludes halogenated alkanes) is 13. The lowest BCUT2D eigenvalue weighted by Gasteiger charge is -2.08. The number of rotatable bonds is 18. The summed E-state index contributed by atoms with van der Waals surface area (Å²) in [5, 5.41) is 9.92. The third kappa shape index (κ3) is 13.6. The molecule has 0 fully saturated rings. The topological polar surface area (TPSA) is 72.8 Å². The molecule has 5 heteroatoms. The zero-order valence-electron chi connectivity index (χ0n) is 18.4. The summed E-state index contributed by atoms with van der Waals surface area (Å²) in [6, 6.07) is 0. The van der Waals surface area contributed by atoms with Gasteiger partial charge in [0.15, 0.2) is 0 Å². The number of hydrogen-bond acceptors (Lipinski definition) is 5. The van der Waals surface area contributed by atoms with Gasteiger partial charge in [-0.25, -0.2) is 9.59 Å². The molecular formula is C23H42O5. The van der Waals surface area contributed by atoms with Crippen LogP contribution in [0.5, 0.6) is 0 Å². The van der Waals surface area contributed by atoms with Crippen LogP contribution in [0.2, 0.25) is 0 Å². The number of hydrogen-bond donors (Lipinski definition) is 1. The van der Waals surface area contributed by atoms with Crippen molar-refractivity contribution in [2.24, 2.45) is 0 Å². The fraction of sp³-hybridized carbons (Fsp3) is 0.826. The van der Waals surface area contributed by atoms with Gasteiger partial charge in [0.2, 0.25) is 5.76 Å². The molecule has 0 aliphatic heterocycles. The van der Waals surface area contributed by atoms with Crippen LogP contribution in [0.1, 0.15) is 110 Å². The Morgan fingerprint density at radius 1 is 0.679 bits per heavy atom. The van der Waals surface area contributed by atoms with Crippen molar-refractivity contribution in [1.29, 1.82) is 0 Å². The minimum Gasteiger partial charge on any atom is -0.501 e. The second kappa shape index (κ2) is 18.8. The lowest BCUT2D eigenvalue weighted by molar-refractivity contribution is -0.143. The molecule has 0 atom stereocenters. The van der Waals surface area contributed by atoms with Crippen LogP contribution in [0.25, 0.3) is 0 Å². The maximum Gasteiger partial charge on any atom is 0.373 e. The lowest BCUT2D eigenvalue weighted by atomic mass is 10.0. The first kappa shape index (κ1) is 26.5. The number of ether oxygens (including phenoxy) is 2. The van der Waals surface area contributed by atoms with Crippen molar-refractivity contribution in [3.05, 3.63) is 11.3 Å². The van der Waals surface area contributed by atoms with Crippen molar-refractivity contribution in [3.8, 4) is 0 Å². The van der Waals surface area contributed by atoms with E-state index in [0.29, 0.717) is 6.42 Å². The molecule has 0 heterocycles. The molecule has 28 heavy (non-hydrogen) atoms. The van der Waals surface area contributed by atoms with Gasteiger partial charge < -0.3 is 14.6 Å². The van der Waals surface area contributed by atoms with E-state index in [9.17, 15) is 14.7 Å². The molecule has 0 saturated heterocycles. The molecule has 1 N–H and O–H groups in total. The summed E-state index contributed by atoms with van der Waals surface area (Å²) in [6.07, 6.45) is 17.8. The molecule has 0 aliphatic carbocycles. The molecule has 0 aromatic rings. The van der Waals surface area contributed by atoms with E-state index in [4.69, 9.17) is 4.74 Å². The average Bonchev–Trinajstić information content (AvgIpc) is 2.70. The number of aliphatic hydroxyl groups is 1. The van der Waals surface area contributed by atoms with E-state index in [1.165, 1.54) is 77.7 Å². The van der Waals surface area contributed by atoms with Crippen molar-refractivity contribution in [3.63, 3.8) is 0 Å². The maximum atomic E-state index is 11.8. The third-order valence-electron chi connectivity index (χ3n) is 4.97. The van der Waals surface area contributed by atoms with Gasteiger partial charge in [-0.15, -0.1) is 0 Å². The molecular weight excluding hydrogens is 356 g/mol. The Labute approximate surface area is 171 Å². The molecule has 164 valence electrons. The van der Waals surface area contributed by atoms with Crippen molar-refractivity contribution in [2.45, 2.75) is 110 Å². The van der Waals surface area contributed by atoms with Crippen LogP contribution >= 0.6 is 0 Å². The Morgan fingerprint density at radius 3 is 1.50 bits per heavy atom. The monoisotopic (exact) mass is 398 g/mol. The zero-order valence-corrected chi connectivity index (χ0v) is 18.4. The first-order valence-electron chi connectivity index (χ1n) is 11.3. The van der Waals surface area contributed by atoms with Gasteiger partial charge in [0, 0.05) is 0 Å². The number of carbonyl (C=O) groups excluding carboxylic acids is 2. The van der Waals surface area contributed by atoms with Crippen molar-refractivity contribution < 1.29 is 24.2 Å². The number of esters is 2. The van der Waals surface area contributed by atoms with E-state index in [0.717, 1.165) is 19.3 Å². The van der Waals surface area contributed by atoms with E-state index >= 15 is 0 Å². The highest BCUT2D eigenvalue weighted by atomic mass is 16.5. The molecule has 0 aliphatic rings. The van der Waals surface area contributed by atoms with Crippen LogP contribution in [0.3, 0.4) is 0 Å². The maximum absolute atomic E-state index is 11.8. The molecule has 0 amide bonds. The van der Waals surface area contributed by atoms with Gasteiger partial charge in [-0.3, -0.25) is 0 Å². The van der Waals surface area contributed by atoms with Crippen LogP contribution in [0.15, 0.2) is 11.3 Å². The lowest BCUT2D eigenvalue weighted by Crippen LogP contribution is -2.15. The van der Waals surface area contributed by atoms with Gasteiger partial charge in [0.1, 0.15) is 0 Å². The molecule has 0 aromatic carbocycles. The van der Waals surface area contributed by atoms with Crippen LogP contribution < -0.4 is 0 Å². The van der Waals surface area contributed by atoms with E-state index in [1.807, 2.05) is 0 Å². The highest BCUT2D eigenvalue weighted by Crippen LogP contribution is 2.17. The smallest absolute Gasteiger partial charge is 0.373 e. The normalized spacial score (nSPS) is 11.8. The van der Waals surface area contributed by atoms with Gasteiger partial charge in [-0.05, 0) is 19.8 Å². The summed E-state index contributed by atoms with van der Waals surface area (Å²) in [5.41, 5.74) is 0.0138. The summed E-state index contributed by atoms with van der Waals surface area (Å²) in [7, 11) is 1.24. The fourth-order valence-electron chi connectivity index (χ4n) is 3.26. The van der Waals surface area contributed by atoms with Gasteiger partial charge in [-0.1, -0.05) is 90.4 Å². The van der Waals surface area contributed by atoms with Crippen LogP contribution in [0.4, 0.5) is 0 Å². The molecule has 0 unspecified atom stereocenters. The van der Waals surface area contributed by atoms with Gasteiger partial charge in [-0.2, -0.15) is 0 Å². The predicted molar refractivity (Wildman–Crippen MR) is 113 cm³/mol. The summed E-state index contributed by atoms with van der Waals surface area (Å²) >= 11 is 0. The van der Waals surface area contributed by atoms with Gasteiger partial charge >= 0.3 is 11.9 Å². The summed E-state index contributed by atoms with van der Waals surface area (Å²) in [5.74, 6) is -2.16. The second-order valence-corrected chi connectivity index (χ2v) is 7.39. The molecule has 0 spiro atoms. The largest absolute Gasteiger partial charge is 0.501 e. The summed E-state index contributed by atoms with van der Waals surface area (Å²) in [6.45, 7) is 4.05. The van der Waals surface area contributed by atoms with Gasteiger partial charge in [0.25, 0.3) is 0 Å². The highest BCUT2D eigenvalue weighted by Gasteiger charge is 2.21. The summed E-state index contributed by atoms with van der Waals surface area (Å²) < 4.78 is 9.42. The second-order valence-electron chi connectivity index (χ2n) is 7.39.